The smallest absolute Gasteiger partial charge is 0.0141 e. The lowest BCUT2D eigenvalue weighted by molar-refractivity contribution is 0.485. The van der Waals surface area contributed by atoms with Crippen molar-refractivity contribution in [3.8, 4) is 0 Å². The highest BCUT2D eigenvalue weighted by Gasteiger charge is 2.12. The van der Waals surface area contributed by atoms with E-state index in [1.807, 2.05) is 0 Å². The minimum atomic E-state index is 0.722. The fourth-order valence-corrected chi connectivity index (χ4v) is 1.99. The van der Waals surface area contributed by atoms with Crippen molar-refractivity contribution in [3.63, 3.8) is 0 Å². The molecule has 1 atom stereocenters. The second-order valence-electron chi connectivity index (χ2n) is 4.17. The van der Waals surface area contributed by atoms with Crippen molar-refractivity contribution in [1.29, 1.82) is 0 Å². The average molecular weight is 176 g/mol. The van der Waals surface area contributed by atoms with Gasteiger partial charge in [-0.15, -0.1) is 0 Å². The summed E-state index contributed by atoms with van der Waals surface area (Å²) >= 11 is 0. The molecule has 0 heteroatoms. The summed E-state index contributed by atoms with van der Waals surface area (Å²) < 4.78 is 0. The number of rotatable bonds is 3. The van der Waals surface area contributed by atoms with Crippen LogP contribution in [-0.2, 0) is 0 Å². The van der Waals surface area contributed by atoms with Gasteiger partial charge in [-0.05, 0) is 30.7 Å². The summed E-state index contributed by atoms with van der Waals surface area (Å²) in [6, 6.07) is 8.89. The van der Waals surface area contributed by atoms with E-state index in [9.17, 15) is 0 Å². The summed E-state index contributed by atoms with van der Waals surface area (Å²) in [5.74, 6) is 1.46. The first-order chi connectivity index (χ1) is 6.15. The van der Waals surface area contributed by atoms with Crippen molar-refractivity contribution >= 4 is 0 Å². The molecule has 0 aliphatic rings. The van der Waals surface area contributed by atoms with Crippen LogP contribution in [0.1, 0.15) is 44.2 Å². The van der Waals surface area contributed by atoms with Crippen LogP contribution in [0.4, 0.5) is 0 Å². The molecule has 13 heavy (non-hydrogen) atoms. The first-order valence-electron chi connectivity index (χ1n) is 5.21. The van der Waals surface area contributed by atoms with Crippen LogP contribution in [0, 0.1) is 12.8 Å². The fraction of sp³-hybridized carbons (Fsp3) is 0.538. The van der Waals surface area contributed by atoms with Gasteiger partial charge in [-0.2, -0.15) is 0 Å². The van der Waals surface area contributed by atoms with E-state index < -0.39 is 0 Å². The summed E-state index contributed by atoms with van der Waals surface area (Å²) in [5.41, 5.74) is 2.87. The maximum absolute atomic E-state index is 2.31. The van der Waals surface area contributed by atoms with Gasteiger partial charge >= 0.3 is 0 Å². The number of hydrogen-bond acceptors (Lipinski definition) is 0. The Morgan fingerprint density at radius 3 is 2.38 bits per heavy atom. The second-order valence-corrected chi connectivity index (χ2v) is 4.17. The number of benzene rings is 1. The second kappa shape index (κ2) is 4.45. The molecule has 0 amide bonds. The van der Waals surface area contributed by atoms with Crippen LogP contribution in [0.25, 0.3) is 0 Å². The minimum absolute atomic E-state index is 0.722. The zero-order valence-electron chi connectivity index (χ0n) is 9.17. The Kier molecular flexibility index (Phi) is 3.53. The molecule has 0 spiro atoms. The highest BCUT2D eigenvalue weighted by atomic mass is 14.2. The maximum Gasteiger partial charge on any atom is -0.0141 e. The average Bonchev–Trinajstić information content (AvgIpc) is 2.04. The lowest BCUT2D eigenvalue weighted by Gasteiger charge is -2.19. The molecule has 0 aliphatic carbocycles. The summed E-state index contributed by atoms with van der Waals surface area (Å²) in [6.45, 7) is 9.04. The van der Waals surface area contributed by atoms with Crippen LogP contribution in [0.15, 0.2) is 24.3 Å². The van der Waals surface area contributed by atoms with Gasteiger partial charge in [-0.1, -0.05) is 50.6 Å². The van der Waals surface area contributed by atoms with E-state index >= 15 is 0 Å². The topological polar surface area (TPSA) is 0 Å². The summed E-state index contributed by atoms with van der Waals surface area (Å²) in [5, 5.41) is 0. The fourth-order valence-electron chi connectivity index (χ4n) is 1.99. The standard InChI is InChI=1S/C13H20/c1-5-13(10(2)3)12-8-6-7-11(4)9-12/h6-10,13H,5H2,1-4H3/t13-/m1/s1. The first kappa shape index (κ1) is 10.3. The highest BCUT2D eigenvalue weighted by molar-refractivity contribution is 5.25. The molecule has 0 unspecified atom stereocenters. The van der Waals surface area contributed by atoms with Crippen molar-refractivity contribution in [3.05, 3.63) is 35.4 Å². The Labute approximate surface area is 82.0 Å². The largest absolute Gasteiger partial charge is 0.0648 e. The quantitative estimate of drug-likeness (QED) is 0.649. The Bertz CT molecular complexity index is 260. The Hall–Kier alpha value is -0.780. The van der Waals surface area contributed by atoms with Gasteiger partial charge in [0.1, 0.15) is 0 Å². The minimum Gasteiger partial charge on any atom is -0.0648 e. The molecule has 0 N–H and O–H groups in total. The molecule has 1 aromatic rings. The molecular weight excluding hydrogens is 156 g/mol. The third-order valence-corrected chi connectivity index (χ3v) is 2.71. The number of aryl methyl sites for hydroxylation is 1. The van der Waals surface area contributed by atoms with Gasteiger partial charge in [0.2, 0.25) is 0 Å². The Morgan fingerprint density at radius 2 is 1.92 bits per heavy atom. The normalized spacial score (nSPS) is 13.3. The van der Waals surface area contributed by atoms with E-state index in [0.29, 0.717) is 0 Å². The predicted molar refractivity (Wildman–Crippen MR) is 59.0 cm³/mol. The molecule has 0 saturated heterocycles. The number of hydrogen-bond donors (Lipinski definition) is 0. The molecule has 1 aromatic carbocycles. The Balaban J connectivity index is 2.91. The van der Waals surface area contributed by atoms with Crippen LogP contribution in [0.5, 0.6) is 0 Å². The zero-order valence-corrected chi connectivity index (χ0v) is 9.17. The van der Waals surface area contributed by atoms with Crippen LogP contribution in [0.3, 0.4) is 0 Å². The van der Waals surface area contributed by atoms with Crippen LogP contribution in [-0.4, -0.2) is 0 Å². The van der Waals surface area contributed by atoms with Crippen LogP contribution in [0.2, 0.25) is 0 Å². The molecule has 0 bridgehead atoms. The third-order valence-electron chi connectivity index (χ3n) is 2.71. The van der Waals surface area contributed by atoms with Gasteiger partial charge in [-0.3, -0.25) is 0 Å². The SMILES string of the molecule is CC[C@@H](c1cccc(C)c1)C(C)C. The molecule has 1 rings (SSSR count). The molecule has 0 radical (unpaired) electrons. The van der Waals surface area contributed by atoms with Gasteiger partial charge < -0.3 is 0 Å². The van der Waals surface area contributed by atoms with Crippen molar-refractivity contribution in [1.82, 2.24) is 0 Å². The molecular formula is C13H20. The Morgan fingerprint density at radius 1 is 1.23 bits per heavy atom. The van der Waals surface area contributed by atoms with Crippen LogP contribution >= 0.6 is 0 Å². The lowest BCUT2D eigenvalue weighted by Crippen LogP contribution is -2.05. The van der Waals surface area contributed by atoms with E-state index in [1.54, 1.807) is 0 Å². The van der Waals surface area contributed by atoms with E-state index in [0.717, 1.165) is 11.8 Å². The van der Waals surface area contributed by atoms with Crippen molar-refractivity contribution in [2.45, 2.75) is 40.0 Å². The van der Waals surface area contributed by atoms with Gasteiger partial charge in [0.05, 0.1) is 0 Å². The molecule has 0 saturated carbocycles. The zero-order chi connectivity index (χ0) is 9.84. The van der Waals surface area contributed by atoms with Crippen molar-refractivity contribution < 1.29 is 0 Å². The molecule has 0 aliphatic heterocycles. The monoisotopic (exact) mass is 176 g/mol. The summed E-state index contributed by atoms with van der Waals surface area (Å²) in [6.07, 6.45) is 1.24. The van der Waals surface area contributed by atoms with Crippen molar-refractivity contribution in [2.24, 2.45) is 5.92 Å². The van der Waals surface area contributed by atoms with E-state index in [4.69, 9.17) is 0 Å². The molecule has 0 heterocycles. The first-order valence-corrected chi connectivity index (χ1v) is 5.21. The van der Waals surface area contributed by atoms with Gasteiger partial charge in [0, 0.05) is 0 Å². The third kappa shape index (κ3) is 2.58. The van der Waals surface area contributed by atoms with Gasteiger partial charge in [-0.25, -0.2) is 0 Å². The van der Waals surface area contributed by atoms with E-state index in [2.05, 4.69) is 52.0 Å². The lowest BCUT2D eigenvalue weighted by atomic mass is 9.86. The summed E-state index contributed by atoms with van der Waals surface area (Å²) in [7, 11) is 0. The van der Waals surface area contributed by atoms with Crippen LogP contribution < -0.4 is 0 Å². The maximum atomic E-state index is 2.31. The van der Waals surface area contributed by atoms with E-state index in [1.165, 1.54) is 17.5 Å². The molecule has 0 fully saturated rings. The van der Waals surface area contributed by atoms with Gasteiger partial charge in [0.25, 0.3) is 0 Å². The molecule has 72 valence electrons. The molecule has 0 nitrogen and oxygen atoms in total. The summed E-state index contributed by atoms with van der Waals surface area (Å²) in [4.78, 5) is 0. The predicted octanol–water partition coefficient (Wildman–Crippen LogP) is 4.14. The van der Waals surface area contributed by atoms with Gasteiger partial charge in [0.15, 0.2) is 0 Å². The van der Waals surface area contributed by atoms with E-state index in [-0.39, 0.29) is 0 Å². The molecule has 0 aromatic heterocycles. The van der Waals surface area contributed by atoms with Crippen molar-refractivity contribution in [2.75, 3.05) is 0 Å². The highest BCUT2D eigenvalue weighted by Crippen LogP contribution is 2.27.